The Bertz CT molecular complexity index is 433. The summed E-state index contributed by atoms with van der Waals surface area (Å²) in [5, 5.41) is 0. The van der Waals surface area contributed by atoms with E-state index in [9.17, 15) is 0 Å². The highest BCUT2D eigenvalue weighted by atomic mass is 127. The monoisotopic (exact) mass is 287 g/mol. The zero-order valence-electron chi connectivity index (χ0n) is 7.21. The van der Waals surface area contributed by atoms with E-state index in [1.54, 1.807) is 0 Å². The number of hydrogen-bond donors (Lipinski definition) is 2. The Balaban J connectivity index is 2.62. The van der Waals surface area contributed by atoms with E-state index in [1.165, 1.54) is 3.57 Å². The van der Waals surface area contributed by atoms with E-state index in [4.69, 9.17) is 5.73 Å². The van der Waals surface area contributed by atoms with E-state index >= 15 is 0 Å². The maximum absolute atomic E-state index is 5.72. The van der Waals surface area contributed by atoms with Crippen molar-refractivity contribution in [3.05, 3.63) is 27.6 Å². The first-order valence-electron chi connectivity index (χ1n) is 4.07. The minimum Gasteiger partial charge on any atom is -0.341 e. The molecule has 1 aromatic heterocycles. The fourth-order valence-electron chi connectivity index (χ4n) is 1.22. The first-order valence-corrected chi connectivity index (χ1v) is 5.15. The molecule has 1 aromatic carbocycles. The molecule has 13 heavy (non-hydrogen) atoms. The first kappa shape index (κ1) is 8.96. The van der Waals surface area contributed by atoms with Gasteiger partial charge in [0.1, 0.15) is 5.82 Å². The van der Waals surface area contributed by atoms with Crippen LogP contribution in [0, 0.1) is 3.57 Å². The van der Waals surface area contributed by atoms with Crippen LogP contribution in [-0.2, 0) is 0 Å². The summed E-state index contributed by atoms with van der Waals surface area (Å²) in [6.07, 6.45) is 0. The fourth-order valence-corrected chi connectivity index (χ4v) is 1.71. The Kier molecular flexibility index (Phi) is 2.25. The summed E-state index contributed by atoms with van der Waals surface area (Å²) < 4.78 is 1.20. The summed E-state index contributed by atoms with van der Waals surface area (Å²) in [5.74, 6) is 0.844. The van der Waals surface area contributed by atoms with Gasteiger partial charge in [-0.2, -0.15) is 0 Å². The molecule has 0 bridgehead atoms. The molecule has 0 aliphatic carbocycles. The highest BCUT2D eigenvalue weighted by Gasteiger charge is 2.05. The number of nitrogens with two attached hydrogens (primary N) is 1. The van der Waals surface area contributed by atoms with Crippen LogP contribution in [0.25, 0.3) is 11.0 Å². The van der Waals surface area contributed by atoms with Gasteiger partial charge in [0.25, 0.3) is 0 Å². The molecular weight excluding hydrogens is 277 g/mol. The number of fused-ring (bicyclic) bond motifs is 1. The van der Waals surface area contributed by atoms with Gasteiger partial charge in [-0.1, -0.05) is 0 Å². The van der Waals surface area contributed by atoms with Crippen molar-refractivity contribution in [2.24, 2.45) is 5.73 Å². The van der Waals surface area contributed by atoms with Crippen molar-refractivity contribution in [1.82, 2.24) is 9.97 Å². The number of nitrogens with zero attached hydrogens (tertiary/aromatic N) is 1. The third kappa shape index (κ3) is 1.68. The lowest BCUT2D eigenvalue weighted by Crippen LogP contribution is -2.06. The van der Waals surface area contributed by atoms with Crippen molar-refractivity contribution in [3.8, 4) is 0 Å². The molecule has 0 saturated heterocycles. The van der Waals surface area contributed by atoms with Crippen LogP contribution in [0.15, 0.2) is 18.2 Å². The standard InChI is InChI=1S/C9H10IN3/c1-5(11)9-12-7-3-2-6(10)4-8(7)13-9/h2-5H,11H2,1H3,(H,12,13)/t5-/m0/s1. The van der Waals surface area contributed by atoms with Crippen molar-refractivity contribution < 1.29 is 0 Å². The third-order valence-corrected chi connectivity index (χ3v) is 2.56. The predicted molar refractivity (Wildman–Crippen MR) is 61.4 cm³/mol. The molecular formula is C9H10IN3. The summed E-state index contributed by atoms with van der Waals surface area (Å²) in [7, 11) is 0. The number of halogens is 1. The van der Waals surface area contributed by atoms with E-state index < -0.39 is 0 Å². The van der Waals surface area contributed by atoms with Gasteiger partial charge < -0.3 is 10.7 Å². The van der Waals surface area contributed by atoms with Crippen molar-refractivity contribution in [3.63, 3.8) is 0 Å². The van der Waals surface area contributed by atoms with Crippen LogP contribution in [0.4, 0.5) is 0 Å². The normalized spacial score (nSPS) is 13.5. The Morgan fingerprint density at radius 3 is 3.00 bits per heavy atom. The summed E-state index contributed by atoms with van der Waals surface area (Å²) in [5.41, 5.74) is 7.75. The van der Waals surface area contributed by atoms with Crippen LogP contribution in [0.3, 0.4) is 0 Å². The van der Waals surface area contributed by atoms with Crippen LogP contribution >= 0.6 is 22.6 Å². The quantitative estimate of drug-likeness (QED) is 0.790. The Labute approximate surface area is 89.9 Å². The van der Waals surface area contributed by atoms with Crippen LogP contribution in [0.2, 0.25) is 0 Å². The summed E-state index contributed by atoms with van der Waals surface area (Å²) in [6, 6.07) is 6.06. The molecule has 1 atom stereocenters. The number of aromatic amines is 1. The lowest BCUT2D eigenvalue weighted by atomic mass is 10.3. The molecule has 0 amide bonds. The van der Waals surface area contributed by atoms with Crippen molar-refractivity contribution in [2.75, 3.05) is 0 Å². The molecule has 2 aromatic rings. The van der Waals surface area contributed by atoms with Crippen molar-refractivity contribution in [2.45, 2.75) is 13.0 Å². The smallest absolute Gasteiger partial charge is 0.123 e. The second-order valence-corrected chi connectivity index (χ2v) is 4.32. The molecule has 3 nitrogen and oxygen atoms in total. The lowest BCUT2D eigenvalue weighted by molar-refractivity contribution is 0.760. The highest BCUT2D eigenvalue weighted by molar-refractivity contribution is 14.1. The van der Waals surface area contributed by atoms with Gasteiger partial charge >= 0.3 is 0 Å². The predicted octanol–water partition coefficient (Wildman–Crippen LogP) is 2.19. The van der Waals surface area contributed by atoms with Crippen LogP contribution in [-0.4, -0.2) is 9.97 Å². The highest BCUT2D eigenvalue weighted by Crippen LogP contribution is 2.17. The van der Waals surface area contributed by atoms with Crippen molar-refractivity contribution in [1.29, 1.82) is 0 Å². The Morgan fingerprint density at radius 1 is 1.54 bits per heavy atom. The maximum atomic E-state index is 5.72. The molecule has 3 N–H and O–H groups in total. The average molecular weight is 287 g/mol. The van der Waals surface area contributed by atoms with Gasteiger partial charge in [0.05, 0.1) is 17.1 Å². The van der Waals surface area contributed by atoms with Gasteiger partial charge in [0.2, 0.25) is 0 Å². The Morgan fingerprint density at radius 2 is 2.31 bits per heavy atom. The fraction of sp³-hybridized carbons (Fsp3) is 0.222. The average Bonchev–Trinajstić information content (AvgIpc) is 2.46. The number of H-pyrrole nitrogens is 1. The molecule has 0 aliphatic rings. The zero-order valence-corrected chi connectivity index (χ0v) is 9.37. The molecule has 0 spiro atoms. The van der Waals surface area contributed by atoms with Gasteiger partial charge in [0, 0.05) is 3.57 Å². The van der Waals surface area contributed by atoms with E-state index in [0.717, 1.165) is 16.9 Å². The number of hydrogen-bond acceptors (Lipinski definition) is 2. The largest absolute Gasteiger partial charge is 0.341 e. The van der Waals surface area contributed by atoms with Gasteiger partial charge in [-0.25, -0.2) is 4.98 Å². The molecule has 0 unspecified atom stereocenters. The Hall–Kier alpha value is -0.620. The number of aromatic nitrogens is 2. The van der Waals surface area contributed by atoms with E-state index in [2.05, 4.69) is 38.6 Å². The topological polar surface area (TPSA) is 54.7 Å². The third-order valence-electron chi connectivity index (χ3n) is 1.89. The second kappa shape index (κ2) is 3.26. The van der Waals surface area contributed by atoms with E-state index in [1.807, 2.05) is 19.1 Å². The molecule has 0 fully saturated rings. The molecule has 68 valence electrons. The van der Waals surface area contributed by atoms with E-state index in [-0.39, 0.29) is 6.04 Å². The molecule has 1 heterocycles. The summed E-state index contributed by atoms with van der Waals surface area (Å²) in [6.45, 7) is 1.92. The minimum atomic E-state index is -0.0370. The molecule has 0 aliphatic heterocycles. The van der Waals surface area contributed by atoms with Crippen LogP contribution in [0.1, 0.15) is 18.8 Å². The number of imidazole rings is 1. The molecule has 4 heteroatoms. The minimum absolute atomic E-state index is 0.0370. The zero-order chi connectivity index (χ0) is 9.42. The van der Waals surface area contributed by atoms with Gasteiger partial charge in [0.15, 0.2) is 0 Å². The van der Waals surface area contributed by atoms with Gasteiger partial charge in [-0.05, 0) is 47.7 Å². The van der Waals surface area contributed by atoms with Gasteiger partial charge in [-0.15, -0.1) is 0 Å². The number of nitrogens with one attached hydrogen (secondary N) is 1. The molecule has 2 rings (SSSR count). The summed E-state index contributed by atoms with van der Waals surface area (Å²) in [4.78, 5) is 7.56. The van der Waals surface area contributed by atoms with Crippen molar-refractivity contribution >= 4 is 33.6 Å². The maximum Gasteiger partial charge on any atom is 0.123 e. The van der Waals surface area contributed by atoms with E-state index in [0.29, 0.717) is 0 Å². The second-order valence-electron chi connectivity index (χ2n) is 3.07. The molecule has 0 saturated carbocycles. The number of benzene rings is 1. The lowest BCUT2D eigenvalue weighted by Gasteiger charge is -1.96. The summed E-state index contributed by atoms with van der Waals surface area (Å²) >= 11 is 2.28. The first-order chi connectivity index (χ1) is 6.16. The SMILES string of the molecule is C[C@H](N)c1nc2ccc(I)cc2[nH]1. The number of rotatable bonds is 1. The van der Waals surface area contributed by atoms with Crippen LogP contribution in [0.5, 0.6) is 0 Å². The van der Waals surface area contributed by atoms with Crippen LogP contribution < -0.4 is 5.73 Å². The molecule has 0 radical (unpaired) electrons. The van der Waals surface area contributed by atoms with Gasteiger partial charge in [-0.3, -0.25) is 0 Å².